The van der Waals surface area contributed by atoms with Gasteiger partial charge in [0.2, 0.25) is 0 Å². The van der Waals surface area contributed by atoms with Gasteiger partial charge in [0.15, 0.2) is 0 Å². The highest BCUT2D eigenvalue weighted by Crippen LogP contribution is 2.13. The maximum Gasteiger partial charge on any atom is 0.0175 e. The van der Waals surface area contributed by atoms with Gasteiger partial charge < -0.3 is 0 Å². The van der Waals surface area contributed by atoms with E-state index < -0.39 is 0 Å². The van der Waals surface area contributed by atoms with Gasteiger partial charge in [0.05, 0.1) is 0 Å². The molecule has 0 N–H and O–H groups in total. The Morgan fingerprint density at radius 3 is 1.76 bits per heavy atom. The van der Waals surface area contributed by atoms with E-state index in [0.717, 1.165) is 4.47 Å². The Hall–Kier alpha value is -1.08. The molecule has 0 nitrogen and oxygen atoms in total. The summed E-state index contributed by atoms with van der Waals surface area (Å²) in [6, 6.07) is 19.4. The van der Waals surface area contributed by atoms with E-state index in [4.69, 9.17) is 0 Å². The van der Waals surface area contributed by atoms with Gasteiger partial charge in [-0.2, -0.15) is 0 Å². The molecule has 2 rings (SSSR count). The Kier molecular flexibility index (Phi) is 4.81. The molecule has 0 heterocycles. The molecule has 0 saturated carbocycles. The van der Waals surface area contributed by atoms with Crippen LogP contribution < -0.4 is 0 Å². The van der Waals surface area contributed by atoms with E-state index in [-0.39, 0.29) is 0 Å². The Bertz CT molecular complexity index is 431. The molecular weight excluding hydrogens is 272 g/mol. The summed E-state index contributed by atoms with van der Waals surface area (Å²) < 4.78 is 1.16. The SMILES string of the molecule is Brc1ccc(CCCCc2ccccc2)cc1. The largest absolute Gasteiger partial charge is 0.0622 e. The van der Waals surface area contributed by atoms with Gasteiger partial charge in [-0.3, -0.25) is 0 Å². The normalized spacial score (nSPS) is 10.4. The lowest BCUT2D eigenvalue weighted by Gasteiger charge is -2.02. The van der Waals surface area contributed by atoms with E-state index in [1.807, 2.05) is 0 Å². The monoisotopic (exact) mass is 288 g/mol. The Morgan fingerprint density at radius 1 is 0.647 bits per heavy atom. The third-order valence-electron chi connectivity index (χ3n) is 2.94. The fraction of sp³-hybridized carbons (Fsp3) is 0.250. The van der Waals surface area contributed by atoms with Gasteiger partial charge >= 0.3 is 0 Å². The molecule has 0 atom stereocenters. The first-order chi connectivity index (χ1) is 8.34. The minimum Gasteiger partial charge on any atom is -0.0622 e. The minimum atomic E-state index is 1.16. The Labute approximate surface area is 112 Å². The van der Waals surface area contributed by atoms with E-state index in [2.05, 4.69) is 70.5 Å². The van der Waals surface area contributed by atoms with E-state index in [0.29, 0.717) is 0 Å². The van der Waals surface area contributed by atoms with Crippen LogP contribution in [0.15, 0.2) is 59.1 Å². The molecule has 0 aliphatic carbocycles. The van der Waals surface area contributed by atoms with Crippen LogP contribution in [0.1, 0.15) is 24.0 Å². The highest BCUT2D eigenvalue weighted by molar-refractivity contribution is 9.10. The van der Waals surface area contributed by atoms with Gasteiger partial charge in [0.1, 0.15) is 0 Å². The van der Waals surface area contributed by atoms with Crippen LogP contribution in [0.3, 0.4) is 0 Å². The van der Waals surface area contributed by atoms with Crippen molar-refractivity contribution in [2.24, 2.45) is 0 Å². The lowest BCUT2D eigenvalue weighted by atomic mass is 10.0. The van der Waals surface area contributed by atoms with E-state index in [9.17, 15) is 0 Å². The average molecular weight is 289 g/mol. The topological polar surface area (TPSA) is 0 Å². The van der Waals surface area contributed by atoms with Gasteiger partial charge in [-0.05, 0) is 48.9 Å². The summed E-state index contributed by atoms with van der Waals surface area (Å²) in [6.07, 6.45) is 4.90. The number of halogens is 1. The minimum absolute atomic E-state index is 1.16. The molecule has 0 fully saturated rings. The first-order valence-electron chi connectivity index (χ1n) is 6.13. The average Bonchev–Trinajstić information content (AvgIpc) is 2.38. The lowest BCUT2D eigenvalue weighted by molar-refractivity contribution is 0.734. The number of aryl methyl sites for hydroxylation is 2. The molecule has 0 spiro atoms. The third-order valence-corrected chi connectivity index (χ3v) is 3.47. The van der Waals surface area contributed by atoms with E-state index >= 15 is 0 Å². The van der Waals surface area contributed by atoms with Gasteiger partial charge in [-0.25, -0.2) is 0 Å². The van der Waals surface area contributed by atoms with Gasteiger partial charge in [-0.15, -0.1) is 0 Å². The van der Waals surface area contributed by atoms with Crippen molar-refractivity contribution in [2.75, 3.05) is 0 Å². The van der Waals surface area contributed by atoms with E-state index in [1.165, 1.54) is 36.8 Å². The van der Waals surface area contributed by atoms with Crippen molar-refractivity contribution in [1.82, 2.24) is 0 Å². The zero-order valence-corrected chi connectivity index (χ0v) is 11.5. The van der Waals surface area contributed by atoms with Crippen molar-refractivity contribution in [3.05, 3.63) is 70.2 Å². The molecule has 88 valence electrons. The smallest absolute Gasteiger partial charge is 0.0175 e. The maximum atomic E-state index is 3.46. The maximum absolute atomic E-state index is 3.46. The van der Waals surface area contributed by atoms with Crippen molar-refractivity contribution in [3.8, 4) is 0 Å². The summed E-state index contributed by atoms with van der Waals surface area (Å²) in [6.45, 7) is 0. The molecule has 0 radical (unpaired) electrons. The lowest BCUT2D eigenvalue weighted by Crippen LogP contribution is -1.89. The summed E-state index contributed by atoms with van der Waals surface area (Å²) in [5.74, 6) is 0. The number of hydrogen-bond acceptors (Lipinski definition) is 0. The summed E-state index contributed by atoms with van der Waals surface area (Å²) in [4.78, 5) is 0. The molecule has 2 aromatic carbocycles. The van der Waals surface area contributed by atoms with Gasteiger partial charge in [0.25, 0.3) is 0 Å². The molecule has 0 aromatic heterocycles. The predicted molar refractivity (Wildman–Crippen MR) is 77.2 cm³/mol. The molecule has 0 saturated heterocycles. The van der Waals surface area contributed by atoms with Gasteiger partial charge in [-0.1, -0.05) is 58.4 Å². The Balaban J connectivity index is 1.71. The second kappa shape index (κ2) is 6.61. The van der Waals surface area contributed by atoms with Crippen LogP contribution in [0.5, 0.6) is 0 Å². The van der Waals surface area contributed by atoms with Crippen molar-refractivity contribution in [3.63, 3.8) is 0 Å². The van der Waals surface area contributed by atoms with Gasteiger partial charge in [0, 0.05) is 4.47 Å². The van der Waals surface area contributed by atoms with Crippen LogP contribution >= 0.6 is 15.9 Å². The molecule has 0 amide bonds. The van der Waals surface area contributed by atoms with Crippen molar-refractivity contribution in [1.29, 1.82) is 0 Å². The van der Waals surface area contributed by atoms with Crippen molar-refractivity contribution >= 4 is 15.9 Å². The second-order valence-electron chi connectivity index (χ2n) is 4.32. The van der Waals surface area contributed by atoms with Crippen LogP contribution in [0, 0.1) is 0 Å². The van der Waals surface area contributed by atoms with Crippen molar-refractivity contribution < 1.29 is 0 Å². The molecular formula is C16H17Br. The zero-order chi connectivity index (χ0) is 11.9. The molecule has 17 heavy (non-hydrogen) atoms. The zero-order valence-electron chi connectivity index (χ0n) is 9.90. The van der Waals surface area contributed by atoms with Crippen LogP contribution in [0.4, 0.5) is 0 Å². The first-order valence-corrected chi connectivity index (χ1v) is 6.92. The first kappa shape index (κ1) is 12.4. The molecule has 0 unspecified atom stereocenters. The summed E-state index contributed by atoms with van der Waals surface area (Å²) in [5, 5.41) is 0. The predicted octanol–water partition coefficient (Wildman–Crippen LogP) is 5.01. The van der Waals surface area contributed by atoms with E-state index in [1.54, 1.807) is 0 Å². The highest BCUT2D eigenvalue weighted by Gasteiger charge is 1.95. The highest BCUT2D eigenvalue weighted by atomic mass is 79.9. The summed E-state index contributed by atoms with van der Waals surface area (Å²) in [7, 11) is 0. The summed E-state index contributed by atoms with van der Waals surface area (Å²) >= 11 is 3.46. The van der Waals surface area contributed by atoms with Crippen LogP contribution in [0.2, 0.25) is 0 Å². The fourth-order valence-corrected chi connectivity index (χ4v) is 2.22. The summed E-state index contributed by atoms with van der Waals surface area (Å²) in [5.41, 5.74) is 2.88. The number of unbranched alkanes of at least 4 members (excludes halogenated alkanes) is 1. The molecule has 0 aliphatic rings. The Morgan fingerprint density at radius 2 is 1.18 bits per heavy atom. The molecule has 0 aliphatic heterocycles. The fourth-order valence-electron chi connectivity index (χ4n) is 1.95. The number of benzene rings is 2. The number of rotatable bonds is 5. The standard InChI is InChI=1S/C16H17Br/c17-16-12-10-15(11-13-16)9-5-4-8-14-6-2-1-3-7-14/h1-3,6-7,10-13H,4-5,8-9H2. The molecule has 2 aromatic rings. The molecule has 1 heteroatoms. The van der Waals surface area contributed by atoms with Crippen molar-refractivity contribution in [2.45, 2.75) is 25.7 Å². The molecule has 0 bridgehead atoms. The number of hydrogen-bond donors (Lipinski definition) is 0. The second-order valence-corrected chi connectivity index (χ2v) is 5.23. The third kappa shape index (κ3) is 4.35. The van der Waals surface area contributed by atoms with Crippen LogP contribution in [-0.4, -0.2) is 0 Å². The van der Waals surface area contributed by atoms with Crippen LogP contribution in [-0.2, 0) is 12.8 Å². The van der Waals surface area contributed by atoms with Crippen LogP contribution in [0.25, 0.3) is 0 Å². The quantitative estimate of drug-likeness (QED) is 0.678.